The first-order valence-electron chi connectivity index (χ1n) is 6.81. The minimum Gasteiger partial charge on any atom is -0.432 e. The van der Waals surface area contributed by atoms with Crippen LogP contribution in [0, 0.1) is 0 Å². The Balaban J connectivity index is 2.02. The van der Waals surface area contributed by atoms with Gasteiger partial charge in [0.25, 0.3) is 6.01 Å². The Kier molecular flexibility index (Phi) is 4.60. The third-order valence-corrected chi connectivity index (χ3v) is 3.39. The third kappa shape index (κ3) is 3.23. The van der Waals surface area contributed by atoms with Crippen molar-refractivity contribution in [2.45, 2.75) is 32.9 Å². The fourth-order valence-corrected chi connectivity index (χ4v) is 2.42. The third-order valence-electron chi connectivity index (χ3n) is 3.39. The lowest BCUT2D eigenvalue weighted by molar-refractivity contribution is 0.335. The molecule has 1 aromatic rings. The van der Waals surface area contributed by atoms with Crippen LogP contribution in [0.4, 0.5) is 6.01 Å². The normalized spacial score (nSPS) is 22.2. The van der Waals surface area contributed by atoms with E-state index in [9.17, 15) is 0 Å². The van der Waals surface area contributed by atoms with Gasteiger partial charge in [0.15, 0.2) is 0 Å². The lowest BCUT2D eigenvalue weighted by Gasteiger charge is -2.26. The molecule has 1 aromatic heterocycles. The van der Waals surface area contributed by atoms with E-state index in [0.717, 1.165) is 50.9 Å². The second kappa shape index (κ2) is 6.20. The first-order valence-corrected chi connectivity index (χ1v) is 6.81. The van der Waals surface area contributed by atoms with Crippen molar-refractivity contribution < 1.29 is 4.42 Å². The molecule has 0 aliphatic carbocycles. The molecule has 5 heteroatoms. The lowest BCUT2D eigenvalue weighted by Crippen LogP contribution is -2.38. The van der Waals surface area contributed by atoms with Gasteiger partial charge < -0.3 is 19.5 Å². The first kappa shape index (κ1) is 13.4. The Hall–Kier alpha value is -1.07. The van der Waals surface area contributed by atoms with Gasteiger partial charge in [-0.15, -0.1) is 0 Å². The number of aromatic nitrogens is 1. The highest BCUT2D eigenvalue weighted by atomic mass is 16.4. The smallest absolute Gasteiger partial charge is 0.297 e. The lowest BCUT2D eigenvalue weighted by atomic mass is 10.3. The number of hydrogen-bond donors (Lipinski definition) is 1. The number of nitrogens with one attached hydrogen (secondary N) is 1. The van der Waals surface area contributed by atoms with E-state index in [0.29, 0.717) is 6.04 Å². The van der Waals surface area contributed by atoms with Crippen molar-refractivity contribution in [2.75, 3.05) is 38.1 Å². The molecular weight excluding hydrogens is 228 g/mol. The van der Waals surface area contributed by atoms with Crippen molar-refractivity contribution in [3.8, 4) is 0 Å². The highest BCUT2D eigenvalue weighted by Crippen LogP contribution is 2.19. The van der Waals surface area contributed by atoms with E-state index in [4.69, 9.17) is 4.42 Å². The van der Waals surface area contributed by atoms with Gasteiger partial charge in [-0.2, -0.15) is 4.98 Å². The van der Waals surface area contributed by atoms with E-state index >= 15 is 0 Å². The summed E-state index contributed by atoms with van der Waals surface area (Å²) in [6.45, 7) is 9.28. The van der Waals surface area contributed by atoms with Crippen LogP contribution >= 0.6 is 0 Å². The first-order chi connectivity index (χ1) is 8.70. The Morgan fingerprint density at radius 2 is 2.33 bits per heavy atom. The van der Waals surface area contributed by atoms with Gasteiger partial charge >= 0.3 is 0 Å². The van der Waals surface area contributed by atoms with Crippen LogP contribution in [-0.4, -0.2) is 49.2 Å². The van der Waals surface area contributed by atoms with Crippen LogP contribution in [0.15, 0.2) is 10.7 Å². The van der Waals surface area contributed by atoms with Crippen molar-refractivity contribution in [1.82, 2.24) is 15.2 Å². The van der Waals surface area contributed by atoms with Crippen molar-refractivity contribution in [2.24, 2.45) is 0 Å². The molecule has 2 heterocycles. The molecule has 1 fully saturated rings. The van der Waals surface area contributed by atoms with Gasteiger partial charge in [0.1, 0.15) is 6.26 Å². The average molecular weight is 252 g/mol. The SMILES string of the molecule is CCNCc1coc(N2CCCN(C)CC2C)n1. The topological polar surface area (TPSA) is 44.5 Å². The zero-order chi connectivity index (χ0) is 13.0. The van der Waals surface area contributed by atoms with E-state index in [-0.39, 0.29) is 0 Å². The number of hydrogen-bond acceptors (Lipinski definition) is 5. The molecule has 0 radical (unpaired) electrons. The van der Waals surface area contributed by atoms with Crippen LogP contribution in [0.1, 0.15) is 26.0 Å². The van der Waals surface area contributed by atoms with E-state index in [2.05, 4.69) is 41.0 Å². The Morgan fingerprint density at radius 3 is 3.11 bits per heavy atom. The fraction of sp³-hybridized carbons (Fsp3) is 0.769. The number of rotatable bonds is 4. The van der Waals surface area contributed by atoms with Crippen LogP contribution in [0.3, 0.4) is 0 Å². The monoisotopic (exact) mass is 252 g/mol. The minimum atomic E-state index is 0.447. The standard InChI is InChI=1S/C13H24N4O/c1-4-14-8-12-10-18-13(15-12)17-7-5-6-16(3)9-11(17)2/h10-11,14H,4-9H2,1-3H3. The predicted molar refractivity (Wildman–Crippen MR) is 72.8 cm³/mol. The molecule has 1 saturated heterocycles. The molecule has 18 heavy (non-hydrogen) atoms. The molecule has 0 spiro atoms. The Bertz CT molecular complexity index is 366. The Morgan fingerprint density at radius 1 is 1.50 bits per heavy atom. The maximum absolute atomic E-state index is 5.62. The fourth-order valence-electron chi connectivity index (χ4n) is 2.42. The molecule has 1 aliphatic rings. The van der Waals surface area contributed by atoms with Crippen LogP contribution in [-0.2, 0) is 6.54 Å². The van der Waals surface area contributed by atoms with Crippen LogP contribution < -0.4 is 10.2 Å². The molecular formula is C13H24N4O. The number of oxazole rings is 1. The van der Waals surface area contributed by atoms with Gasteiger partial charge in [-0.3, -0.25) is 0 Å². The molecule has 2 rings (SSSR count). The van der Waals surface area contributed by atoms with Gasteiger partial charge in [-0.1, -0.05) is 6.92 Å². The maximum atomic E-state index is 5.62. The van der Waals surface area contributed by atoms with E-state index in [1.54, 1.807) is 6.26 Å². The summed E-state index contributed by atoms with van der Waals surface area (Å²) in [7, 11) is 2.17. The minimum absolute atomic E-state index is 0.447. The van der Waals surface area contributed by atoms with Crippen molar-refractivity contribution >= 4 is 6.01 Å². The highest BCUT2D eigenvalue weighted by molar-refractivity contribution is 5.29. The predicted octanol–water partition coefficient (Wildman–Crippen LogP) is 1.31. The number of likely N-dealkylation sites (N-methyl/N-ethyl adjacent to an activating group) is 1. The van der Waals surface area contributed by atoms with Crippen LogP contribution in [0.25, 0.3) is 0 Å². The van der Waals surface area contributed by atoms with Crippen molar-refractivity contribution in [1.29, 1.82) is 0 Å². The summed E-state index contributed by atoms with van der Waals surface area (Å²) in [6, 6.07) is 1.22. The maximum Gasteiger partial charge on any atom is 0.297 e. The second-order valence-corrected chi connectivity index (χ2v) is 5.06. The van der Waals surface area contributed by atoms with Crippen LogP contribution in [0.2, 0.25) is 0 Å². The second-order valence-electron chi connectivity index (χ2n) is 5.06. The molecule has 1 aliphatic heterocycles. The molecule has 102 valence electrons. The highest BCUT2D eigenvalue weighted by Gasteiger charge is 2.23. The molecule has 0 saturated carbocycles. The molecule has 0 aromatic carbocycles. The zero-order valence-electron chi connectivity index (χ0n) is 11.6. The molecule has 0 bridgehead atoms. The summed E-state index contributed by atoms with van der Waals surface area (Å²) in [5, 5.41) is 3.26. The van der Waals surface area contributed by atoms with E-state index in [1.807, 2.05) is 0 Å². The molecule has 5 nitrogen and oxygen atoms in total. The van der Waals surface area contributed by atoms with E-state index < -0.39 is 0 Å². The van der Waals surface area contributed by atoms with Gasteiger partial charge in [-0.05, 0) is 33.5 Å². The molecule has 1 unspecified atom stereocenters. The summed E-state index contributed by atoms with van der Waals surface area (Å²) < 4.78 is 5.62. The van der Waals surface area contributed by atoms with Crippen LogP contribution in [0.5, 0.6) is 0 Å². The number of anilines is 1. The van der Waals surface area contributed by atoms with Gasteiger partial charge in [-0.25, -0.2) is 0 Å². The van der Waals surface area contributed by atoms with Gasteiger partial charge in [0.2, 0.25) is 0 Å². The van der Waals surface area contributed by atoms with Gasteiger partial charge in [0, 0.05) is 25.7 Å². The van der Waals surface area contributed by atoms with E-state index in [1.165, 1.54) is 0 Å². The summed E-state index contributed by atoms with van der Waals surface area (Å²) in [4.78, 5) is 9.21. The van der Waals surface area contributed by atoms with Crippen molar-refractivity contribution in [3.05, 3.63) is 12.0 Å². The zero-order valence-corrected chi connectivity index (χ0v) is 11.6. The molecule has 1 N–H and O–H groups in total. The van der Waals surface area contributed by atoms with Gasteiger partial charge in [0.05, 0.1) is 5.69 Å². The quantitative estimate of drug-likeness (QED) is 0.875. The number of nitrogens with zero attached hydrogens (tertiary/aromatic N) is 3. The largest absolute Gasteiger partial charge is 0.432 e. The summed E-state index contributed by atoms with van der Waals surface area (Å²) in [6.07, 6.45) is 2.92. The summed E-state index contributed by atoms with van der Waals surface area (Å²) >= 11 is 0. The Labute approximate surface area is 109 Å². The van der Waals surface area contributed by atoms with Crippen molar-refractivity contribution in [3.63, 3.8) is 0 Å². The summed E-state index contributed by atoms with van der Waals surface area (Å²) in [5.41, 5.74) is 0.983. The molecule has 1 atom stereocenters. The molecule has 0 amide bonds. The summed E-state index contributed by atoms with van der Waals surface area (Å²) in [5.74, 6) is 0. The average Bonchev–Trinajstić information content (AvgIpc) is 2.73.